The predicted molar refractivity (Wildman–Crippen MR) is 82.1 cm³/mol. The van der Waals surface area contributed by atoms with Crippen LogP contribution < -0.4 is 10.8 Å². The Bertz CT molecular complexity index is 613. The molecule has 0 bridgehead atoms. The van der Waals surface area contributed by atoms with Gasteiger partial charge >= 0.3 is 12.1 Å². The average Bonchev–Trinajstić information content (AvgIpc) is 2.99. The summed E-state index contributed by atoms with van der Waals surface area (Å²) in [6.07, 6.45) is 0.235. The number of methoxy groups -OCH3 is 1. The molecule has 2 rings (SSSR count). The minimum atomic E-state index is -1.21. The van der Waals surface area contributed by atoms with E-state index in [0.717, 1.165) is 0 Å². The highest BCUT2D eigenvalue weighted by Gasteiger charge is 2.28. The molecule has 1 aliphatic rings. The standard InChI is InChI=1S/C15H17ClN2O5/c1-21-14(19)12(7-11-8-13(16)18-23-11)17-15(20)22-9-10-5-3-2-4-6-10/h2-6,8,11-12,18H,7,9H2,1H3,(H,17,20)/t11?,12-/m0/s1/i9D/t9?,11?,12-. The summed E-state index contributed by atoms with van der Waals surface area (Å²) in [5.41, 5.74) is 2.95. The van der Waals surface area contributed by atoms with E-state index in [1.807, 2.05) is 0 Å². The molecular weight excluding hydrogens is 324 g/mol. The lowest BCUT2D eigenvalue weighted by Gasteiger charge is -2.18. The quantitative estimate of drug-likeness (QED) is 0.606. The van der Waals surface area contributed by atoms with Crippen LogP contribution in [0.3, 0.4) is 0 Å². The zero-order valence-corrected chi connectivity index (χ0v) is 13.1. The summed E-state index contributed by atoms with van der Waals surface area (Å²) in [6, 6.07) is 7.57. The number of ether oxygens (including phenoxy) is 2. The molecule has 3 atom stereocenters. The van der Waals surface area contributed by atoms with E-state index in [-0.39, 0.29) is 6.42 Å². The first-order chi connectivity index (χ1) is 11.5. The summed E-state index contributed by atoms with van der Waals surface area (Å²) < 4.78 is 17.4. The zero-order chi connectivity index (χ0) is 17.5. The van der Waals surface area contributed by atoms with E-state index in [1.165, 1.54) is 7.11 Å². The fourth-order valence-electron chi connectivity index (χ4n) is 1.90. The summed E-state index contributed by atoms with van der Waals surface area (Å²) >= 11 is 5.72. The number of hydrogen-bond donors (Lipinski definition) is 2. The highest BCUT2D eigenvalue weighted by molar-refractivity contribution is 6.29. The molecule has 0 radical (unpaired) electrons. The van der Waals surface area contributed by atoms with Crippen molar-refractivity contribution < 1.29 is 25.3 Å². The van der Waals surface area contributed by atoms with Gasteiger partial charge in [-0.05, 0) is 11.6 Å². The van der Waals surface area contributed by atoms with Crippen molar-refractivity contribution in [3.8, 4) is 0 Å². The minimum Gasteiger partial charge on any atom is -0.467 e. The highest BCUT2D eigenvalue weighted by atomic mass is 35.5. The summed E-state index contributed by atoms with van der Waals surface area (Å²) in [5.74, 6) is -0.659. The molecule has 0 fully saturated rings. The number of carbonyl (C=O) groups is 2. The van der Waals surface area contributed by atoms with Crippen LogP contribution in [0.4, 0.5) is 4.79 Å². The predicted octanol–water partition coefficient (Wildman–Crippen LogP) is 1.83. The number of benzene rings is 1. The normalized spacial score (nSPS) is 19.7. The lowest BCUT2D eigenvalue weighted by atomic mass is 10.1. The lowest BCUT2D eigenvalue weighted by molar-refractivity contribution is -0.144. The first kappa shape index (κ1) is 15.6. The molecule has 0 aliphatic carbocycles. The van der Waals surface area contributed by atoms with Crippen molar-refractivity contribution in [3.63, 3.8) is 0 Å². The van der Waals surface area contributed by atoms with Crippen molar-refractivity contribution in [2.75, 3.05) is 7.11 Å². The van der Waals surface area contributed by atoms with Gasteiger partial charge in [0.25, 0.3) is 0 Å². The van der Waals surface area contributed by atoms with Crippen LogP contribution in [0, 0.1) is 0 Å². The van der Waals surface area contributed by atoms with Gasteiger partial charge in [0.1, 0.15) is 23.9 Å². The van der Waals surface area contributed by atoms with Gasteiger partial charge in [-0.1, -0.05) is 41.9 Å². The number of hydrogen-bond acceptors (Lipinski definition) is 6. The van der Waals surface area contributed by atoms with Crippen molar-refractivity contribution in [3.05, 3.63) is 47.1 Å². The fraction of sp³-hybridized carbons (Fsp3) is 0.333. The summed E-state index contributed by atoms with van der Waals surface area (Å²) in [6.45, 7) is -1.21. The van der Waals surface area contributed by atoms with Gasteiger partial charge < -0.3 is 14.8 Å². The molecule has 0 aromatic heterocycles. The van der Waals surface area contributed by atoms with Crippen molar-refractivity contribution in [2.45, 2.75) is 25.1 Å². The van der Waals surface area contributed by atoms with Gasteiger partial charge in [-0.3, -0.25) is 10.3 Å². The van der Waals surface area contributed by atoms with Crippen LogP contribution in [0.25, 0.3) is 0 Å². The number of rotatable bonds is 6. The van der Waals surface area contributed by atoms with Gasteiger partial charge in [0, 0.05) is 6.42 Å². The minimum absolute atomic E-state index is 0.0962. The van der Waals surface area contributed by atoms with Crippen LogP contribution in [0.2, 0.25) is 0 Å². The average molecular weight is 342 g/mol. The Hall–Kier alpha value is -2.25. The Labute approximate surface area is 139 Å². The molecule has 1 amide bonds. The second-order valence-electron chi connectivity index (χ2n) is 4.66. The van der Waals surface area contributed by atoms with Crippen LogP contribution in [0.1, 0.15) is 13.4 Å². The Morgan fingerprint density at radius 2 is 2.22 bits per heavy atom. The first-order valence-electron chi connectivity index (χ1n) is 7.38. The highest BCUT2D eigenvalue weighted by Crippen LogP contribution is 2.15. The maximum atomic E-state index is 11.9. The van der Waals surface area contributed by atoms with Gasteiger partial charge in [0.15, 0.2) is 0 Å². The molecular formula is C15H17ClN2O5. The second kappa shape index (κ2) is 8.40. The fourth-order valence-corrected chi connectivity index (χ4v) is 2.08. The van der Waals surface area contributed by atoms with Gasteiger partial charge in [-0.25, -0.2) is 9.59 Å². The maximum Gasteiger partial charge on any atom is 0.408 e. The third-order valence-corrected chi connectivity index (χ3v) is 3.19. The van der Waals surface area contributed by atoms with Gasteiger partial charge in [-0.15, -0.1) is 0 Å². The van der Waals surface area contributed by atoms with Crippen LogP contribution in [-0.2, 0) is 25.7 Å². The number of alkyl carbamates (subject to hydrolysis) is 1. The van der Waals surface area contributed by atoms with Gasteiger partial charge in [0.2, 0.25) is 0 Å². The van der Waals surface area contributed by atoms with E-state index in [0.29, 0.717) is 10.7 Å². The lowest BCUT2D eigenvalue weighted by Crippen LogP contribution is -2.43. The number of halogens is 1. The van der Waals surface area contributed by atoms with E-state index >= 15 is 0 Å². The largest absolute Gasteiger partial charge is 0.467 e. The van der Waals surface area contributed by atoms with E-state index in [9.17, 15) is 9.59 Å². The molecule has 2 N–H and O–H groups in total. The monoisotopic (exact) mass is 341 g/mol. The number of nitrogens with one attached hydrogen (secondary N) is 2. The van der Waals surface area contributed by atoms with Crippen LogP contribution in [-0.4, -0.2) is 31.3 Å². The molecule has 1 aromatic rings. The molecule has 124 valence electrons. The molecule has 23 heavy (non-hydrogen) atoms. The van der Waals surface area contributed by atoms with E-state index in [4.69, 9.17) is 22.5 Å². The molecule has 0 spiro atoms. The molecule has 7 nitrogen and oxygen atoms in total. The smallest absolute Gasteiger partial charge is 0.408 e. The SMILES string of the molecule is [2H]C(OC(=O)N[C@@H](CC1C=C(Cl)NO1)C(=O)OC)c1ccccc1. The topological polar surface area (TPSA) is 85.9 Å². The third-order valence-electron chi connectivity index (χ3n) is 2.99. The molecule has 1 aliphatic heterocycles. The molecule has 0 saturated heterocycles. The Morgan fingerprint density at radius 3 is 2.83 bits per heavy atom. The van der Waals surface area contributed by atoms with Crippen molar-refractivity contribution in [1.82, 2.24) is 10.8 Å². The first-order valence-corrected chi connectivity index (χ1v) is 7.18. The van der Waals surface area contributed by atoms with Crippen LogP contribution in [0.15, 0.2) is 41.6 Å². The van der Waals surface area contributed by atoms with E-state index in [1.54, 1.807) is 36.4 Å². The Balaban J connectivity index is 1.93. The number of carbonyl (C=O) groups excluding carboxylic acids is 2. The Kier molecular flexibility index (Phi) is 5.71. The number of amides is 1. The summed E-state index contributed by atoms with van der Waals surface area (Å²) in [7, 11) is 1.20. The van der Waals surface area contributed by atoms with Crippen LogP contribution >= 0.6 is 11.6 Å². The van der Waals surface area contributed by atoms with E-state index in [2.05, 4.69) is 15.5 Å². The molecule has 8 heteroatoms. The Morgan fingerprint density at radius 1 is 1.48 bits per heavy atom. The molecule has 0 saturated carbocycles. The van der Waals surface area contributed by atoms with Crippen molar-refractivity contribution in [2.24, 2.45) is 0 Å². The molecule has 2 unspecified atom stereocenters. The summed E-state index contributed by atoms with van der Waals surface area (Å²) in [5, 5.41) is 2.67. The van der Waals surface area contributed by atoms with Crippen LogP contribution in [0.5, 0.6) is 0 Å². The molecule has 1 aromatic carbocycles. The van der Waals surface area contributed by atoms with Crippen molar-refractivity contribution in [1.29, 1.82) is 0 Å². The van der Waals surface area contributed by atoms with Gasteiger partial charge in [0.05, 0.1) is 8.48 Å². The van der Waals surface area contributed by atoms with Gasteiger partial charge in [-0.2, -0.15) is 0 Å². The van der Waals surface area contributed by atoms with E-state index < -0.39 is 30.8 Å². The number of hydroxylamine groups is 1. The molecule has 1 heterocycles. The summed E-state index contributed by atoms with van der Waals surface area (Å²) in [4.78, 5) is 28.9. The number of esters is 1. The third kappa shape index (κ3) is 5.46. The second-order valence-corrected chi connectivity index (χ2v) is 5.07. The van der Waals surface area contributed by atoms with Crippen molar-refractivity contribution >= 4 is 23.7 Å². The zero-order valence-electron chi connectivity index (χ0n) is 13.3. The maximum absolute atomic E-state index is 11.9.